The molecule has 1 atom stereocenters. The number of rotatable bonds is 3. The molecule has 1 amide bonds. The van der Waals surface area contributed by atoms with Gasteiger partial charge in [0.25, 0.3) is 5.91 Å². The highest BCUT2D eigenvalue weighted by molar-refractivity contribution is 7.09. The van der Waals surface area contributed by atoms with Crippen molar-refractivity contribution < 1.29 is 4.79 Å². The maximum absolute atomic E-state index is 12.6. The van der Waals surface area contributed by atoms with Crippen molar-refractivity contribution in [3.8, 4) is 0 Å². The Kier molecular flexibility index (Phi) is 3.50. The van der Waals surface area contributed by atoms with Gasteiger partial charge in [0.15, 0.2) is 5.82 Å². The molecule has 0 aliphatic carbocycles. The minimum atomic E-state index is 0.0470. The number of carbonyl (C=O) groups excluding carboxylic acids is 1. The molecule has 2 aromatic rings. The molecule has 2 aliphatic heterocycles. The van der Waals surface area contributed by atoms with Crippen LogP contribution in [0.25, 0.3) is 0 Å². The Morgan fingerprint density at radius 2 is 2.22 bits per heavy atom. The lowest BCUT2D eigenvalue weighted by atomic mass is 9.83. The van der Waals surface area contributed by atoms with E-state index < -0.39 is 0 Å². The summed E-state index contributed by atoms with van der Waals surface area (Å²) in [6.45, 7) is 5.67. The highest BCUT2D eigenvalue weighted by Crippen LogP contribution is 2.40. The molecular weight excluding hydrogens is 310 g/mol. The van der Waals surface area contributed by atoms with Crippen LogP contribution in [0.3, 0.4) is 0 Å². The number of carbonyl (C=O) groups is 1. The average molecular weight is 331 g/mol. The molecular formula is C16H21N5OS. The lowest BCUT2D eigenvalue weighted by Crippen LogP contribution is -2.60. The maximum atomic E-state index is 12.6. The summed E-state index contributed by atoms with van der Waals surface area (Å²) < 4.78 is 1.80. The number of thiazole rings is 1. The number of hydrogen-bond donors (Lipinski definition) is 0. The average Bonchev–Trinajstić information content (AvgIpc) is 3.23. The third kappa shape index (κ3) is 2.48. The van der Waals surface area contributed by atoms with Crippen LogP contribution in [0.5, 0.6) is 0 Å². The molecule has 23 heavy (non-hydrogen) atoms. The second-order valence-electron chi connectivity index (χ2n) is 6.59. The molecule has 6 nitrogen and oxygen atoms in total. The molecule has 0 radical (unpaired) electrons. The quantitative estimate of drug-likeness (QED) is 0.859. The largest absolute Gasteiger partial charge is 0.334 e. The van der Waals surface area contributed by atoms with Crippen molar-refractivity contribution in [2.45, 2.75) is 31.8 Å². The zero-order chi connectivity index (χ0) is 16.0. The molecule has 122 valence electrons. The first-order valence-electron chi connectivity index (χ1n) is 8.00. The van der Waals surface area contributed by atoms with E-state index in [9.17, 15) is 4.79 Å². The van der Waals surface area contributed by atoms with Crippen molar-refractivity contribution in [3.05, 3.63) is 34.3 Å². The molecule has 0 bridgehead atoms. The number of hydrogen-bond acceptors (Lipinski definition) is 5. The van der Waals surface area contributed by atoms with E-state index in [1.165, 1.54) is 6.42 Å². The van der Waals surface area contributed by atoms with Crippen molar-refractivity contribution >= 4 is 17.2 Å². The van der Waals surface area contributed by atoms with Gasteiger partial charge in [-0.2, -0.15) is 0 Å². The Labute approximate surface area is 139 Å². The summed E-state index contributed by atoms with van der Waals surface area (Å²) in [6.07, 6.45) is 5.71. The topological polar surface area (TPSA) is 54.3 Å². The molecule has 2 fully saturated rings. The Morgan fingerprint density at radius 1 is 1.39 bits per heavy atom. The Hall–Kier alpha value is -1.73. The number of aromatic nitrogens is 3. The van der Waals surface area contributed by atoms with E-state index in [2.05, 4.69) is 20.2 Å². The van der Waals surface area contributed by atoms with Gasteiger partial charge in [0.05, 0.1) is 10.7 Å². The number of aryl methyl sites for hydroxylation is 2. The van der Waals surface area contributed by atoms with Crippen molar-refractivity contribution in [2.75, 3.05) is 19.6 Å². The van der Waals surface area contributed by atoms with Gasteiger partial charge in [-0.1, -0.05) is 0 Å². The van der Waals surface area contributed by atoms with Crippen LogP contribution in [0.2, 0.25) is 0 Å². The van der Waals surface area contributed by atoms with Gasteiger partial charge in [0.1, 0.15) is 0 Å². The molecule has 2 aromatic heterocycles. The van der Waals surface area contributed by atoms with Crippen LogP contribution in [0, 0.1) is 6.92 Å². The van der Waals surface area contributed by atoms with E-state index in [-0.39, 0.29) is 11.4 Å². The van der Waals surface area contributed by atoms with Gasteiger partial charge >= 0.3 is 0 Å². The SMILES string of the molecule is Cc1nc(CN2CCC23CCN(C(=O)c2nccn2C)C3)cs1. The van der Waals surface area contributed by atoms with E-state index >= 15 is 0 Å². The summed E-state index contributed by atoms with van der Waals surface area (Å²) in [6, 6.07) is 0. The first-order valence-corrected chi connectivity index (χ1v) is 8.88. The van der Waals surface area contributed by atoms with Crippen LogP contribution in [-0.4, -0.2) is 55.4 Å². The molecule has 1 unspecified atom stereocenters. The van der Waals surface area contributed by atoms with Gasteiger partial charge < -0.3 is 9.47 Å². The van der Waals surface area contributed by atoms with E-state index in [0.717, 1.165) is 43.3 Å². The summed E-state index contributed by atoms with van der Waals surface area (Å²) in [5.74, 6) is 0.578. The van der Waals surface area contributed by atoms with E-state index in [0.29, 0.717) is 5.82 Å². The van der Waals surface area contributed by atoms with Crippen molar-refractivity contribution in [2.24, 2.45) is 7.05 Å². The molecule has 0 saturated carbocycles. The number of imidazole rings is 1. The van der Waals surface area contributed by atoms with Crippen LogP contribution in [0.15, 0.2) is 17.8 Å². The van der Waals surface area contributed by atoms with Crippen LogP contribution in [0.1, 0.15) is 34.2 Å². The normalized spacial score (nSPS) is 24.3. The summed E-state index contributed by atoms with van der Waals surface area (Å²) >= 11 is 1.70. The van der Waals surface area contributed by atoms with Crippen molar-refractivity contribution in [1.29, 1.82) is 0 Å². The van der Waals surface area contributed by atoms with E-state index in [1.54, 1.807) is 22.1 Å². The smallest absolute Gasteiger partial charge is 0.289 e. The molecule has 1 spiro atoms. The van der Waals surface area contributed by atoms with Gasteiger partial charge in [0, 0.05) is 56.5 Å². The summed E-state index contributed by atoms with van der Waals surface area (Å²) in [7, 11) is 1.87. The van der Waals surface area contributed by atoms with Gasteiger partial charge in [-0.15, -0.1) is 11.3 Å². The summed E-state index contributed by atoms with van der Waals surface area (Å²) in [5, 5.41) is 3.26. The minimum Gasteiger partial charge on any atom is -0.334 e. The van der Waals surface area contributed by atoms with E-state index in [1.807, 2.05) is 25.1 Å². The first-order chi connectivity index (χ1) is 11.1. The minimum absolute atomic E-state index is 0.0470. The molecule has 2 aliphatic rings. The van der Waals surface area contributed by atoms with Crippen LogP contribution >= 0.6 is 11.3 Å². The Balaban J connectivity index is 1.45. The fraction of sp³-hybridized carbons (Fsp3) is 0.562. The van der Waals surface area contributed by atoms with Gasteiger partial charge in [-0.05, 0) is 19.8 Å². The predicted octanol–water partition coefficient (Wildman–Crippen LogP) is 1.68. The molecule has 4 rings (SSSR count). The lowest BCUT2D eigenvalue weighted by molar-refractivity contribution is -0.0140. The molecule has 0 N–H and O–H groups in total. The summed E-state index contributed by atoms with van der Waals surface area (Å²) in [5.41, 5.74) is 1.30. The highest BCUT2D eigenvalue weighted by atomic mass is 32.1. The second kappa shape index (κ2) is 5.42. The molecule has 2 saturated heterocycles. The van der Waals surface area contributed by atoms with Gasteiger partial charge in [0.2, 0.25) is 0 Å². The Morgan fingerprint density at radius 3 is 2.83 bits per heavy atom. The molecule has 0 aromatic carbocycles. The van der Waals surface area contributed by atoms with Crippen molar-refractivity contribution in [3.63, 3.8) is 0 Å². The number of amides is 1. The first kappa shape index (κ1) is 14.8. The fourth-order valence-electron chi connectivity index (χ4n) is 3.71. The number of likely N-dealkylation sites (tertiary alicyclic amines) is 2. The highest BCUT2D eigenvalue weighted by Gasteiger charge is 2.50. The van der Waals surface area contributed by atoms with Crippen LogP contribution in [-0.2, 0) is 13.6 Å². The van der Waals surface area contributed by atoms with Gasteiger partial charge in [-0.3, -0.25) is 9.69 Å². The maximum Gasteiger partial charge on any atom is 0.289 e. The monoisotopic (exact) mass is 331 g/mol. The van der Waals surface area contributed by atoms with E-state index in [4.69, 9.17) is 0 Å². The number of nitrogens with zero attached hydrogens (tertiary/aromatic N) is 5. The van der Waals surface area contributed by atoms with Crippen LogP contribution in [0.4, 0.5) is 0 Å². The third-order valence-electron chi connectivity index (χ3n) is 5.17. The fourth-order valence-corrected chi connectivity index (χ4v) is 4.32. The summed E-state index contributed by atoms with van der Waals surface area (Å²) in [4.78, 5) is 25.9. The molecule has 7 heteroatoms. The molecule has 4 heterocycles. The van der Waals surface area contributed by atoms with Crippen LogP contribution < -0.4 is 0 Å². The lowest BCUT2D eigenvalue weighted by Gasteiger charge is -2.50. The van der Waals surface area contributed by atoms with Gasteiger partial charge in [-0.25, -0.2) is 9.97 Å². The zero-order valence-corrected chi connectivity index (χ0v) is 14.3. The predicted molar refractivity (Wildman–Crippen MR) is 88.3 cm³/mol. The zero-order valence-electron chi connectivity index (χ0n) is 13.5. The Bertz CT molecular complexity index is 738. The second-order valence-corrected chi connectivity index (χ2v) is 7.65. The van der Waals surface area contributed by atoms with Crippen molar-refractivity contribution in [1.82, 2.24) is 24.3 Å². The third-order valence-corrected chi connectivity index (χ3v) is 5.99. The standard InChI is InChI=1S/C16H21N5OS/c1-12-18-13(10-23-12)9-21-7-4-16(21)3-6-20(11-16)15(22)14-17-5-8-19(14)2/h5,8,10H,3-4,6-7,9,11H2,1-2H3.